The van der Waals surface area contributed by atoms with Gasteiger partial charge in [0.05, 0.1) is 0 Å². The minimum atomic E-state index is -0.756. The van der Waals surface area contributed by atoms with Crippen LogP contribution < -0.4 is 0 Å². The summed E-state index contributed by atoms with van der Waals surface area (Å²) in [5, 5.41) is 0. The molecule has 0 rings (SSSR count). The Morgan fingerprint density at radius 3 is 1.64 bits per heavy atom. The molecular weight excluding hydrogens is 196 g/mol. The fourth-order valence-corrected chi connectivity index (χ4v) is 3.76. The molecule has 0 radical (unpaired) electrons. The zero-order valence-corrected chi connectivity index (χ0v) is 11.4. The molecule has 0 aromatic heterocycles. The number of rotatable bonds is 8. The van der Waals surface area contributed by atoms with Crippen LogP contribution in [0, 0.1) is 0 Å². The molecule has 0 saturated carbocycles. The van der Waals surface area contributed by atoms with Crippen LogP contribution in [-0.2, 0) is 17.1 Å². The summed E-state index contributed by atoms with van der Waals surface area (Å²) in [6, 6.07) is 0. The standard InChI is InChI=1S/C4H16O4Si3/c1-3-5-9-7-11-8-10-6-4-2/h3-4,9-11H2,1-2H3. The lowest BCUT2D eigenvalue weighted by Crippen LogP contribution is -2.15. The van der Waals surface area contributed by atoms with E-state index in [1.54, 1.807) is 0 Å². The van der Waals surface area contributed by atoms with E-state index in [1.807, 2.05) is 13.8 Å². The molecule has 0 N–H and O–H groups in total. The van der Waals surface area contributed by atoms with E-state index < -0.39 is 30.0 Å². The van der Waals surface area contributed by atoms with E-state index in [0.29, 0.717) is 0 Å². The molecule has 0 aromatic carbocycles. The van der Waals surface area contributed by atoms with Crippen molar-refractivity contribution in [1.29, 1.82) is 0 Å². The summed E-state index contributed by atoms with van der Waals surface area (Å²) in [6.07, 6.45) is 0. The first-order valence-electron chi connectivity index (χ1n) is 3.72. The van der Waals surface area contributed by atoms with Gasteiger partial charge in [-0.3, -0.25) is 0 Å². The van der Waals surface area contributed by atoms with Gasteiger partial charge >= 0.3 is 0 Å². The van der Waals surface area contributed by atoms with Crippen LogP contribution in [0.1, 0.15) is 13.8 Å². The van der Waals surface area contributed by atoms with Crippen molar-refractivity contribution in [1.82, 2.24) is 0 Å². The van der Waals surface area contributed by atoms with Gasteiger partial charge in [0.15, 0.2) is 0 Å². The third-order valence-electron chi connectivity index (χ3n) is 0.908. The second-order valence-electron chi connectivity index (χ2n) is 1.75. The summed E-state index contributed by atoms with van der Waals surface area (Å²) >= 11 is 0. The minimum absolute atomic E-state index is 0.720. The first-order valence-corrected chi connectivity index (χ1v) is 7.19. The van der Waals surface area contributed by atoms with Crippen LogP contribution >= 0.6 is 0 Å². The topological polar surface area (TPSA) is 36.9 Å². The Morgan fingerprint density at radius 2 is 1.27 bits per heavy atom. The van der Waals surface area contributed by atoms with E-state index in [1.165, 1.54) is 0 Å². The zero-order valence-electron chi connectivity index (χ0n) is 7.17. The van der Waals surface area contributed by atoms with Crippen molar-refractivity contribution < 1.29 is 17.1 Å². The first-order chi connectivity index (χ1) is 5.41. The molecule has 0 saturated heterocycles. The Labute approximate surface area is 74.8 Å². The van der Waals surface area contributed by atoms with Crippen molar-refractivity contribution in [2.24, 2.45) is 0 Å². The highest BCUT2D eigenvalue weighted by atomic mass is 28.4. The Kier molecular flexibility index (Phi) is 11.0. The van der Waals surface area contributed by atoms with Gasteiger partial charge in [-0.1, -0.05) is 0 Å². The molecule has 0 heterocycles. The maximum Gasteiger partial charge on any atom is 0.295 e. The lowest BCUT2D eigenvalue weighted by Gasteiger charge is -2.04. The Bertz CT molecular complexity index is 66.4. The molecule has 0 atom stereocenters. The molecule has 0 unspecified atom stereocenters. The average molecular weight is 212 g/mol. The quantitative estimate of drug-likeness (QED) is 0.348. The molecule has 68 valence electrons. The summed E-state index contributed by atoms with van der Waals surface area (Å²) in [6.45, 7) is 5.44. The van der Waals surface area contributed by atoms with E-state index in [0.717, 1.165) is 13.2 Å². The summed E-state index contributed by atoms with van der Waals surface area (Å²) < 4.78 is 20.6. The summed E-state index contributed by atoms with van der Waals surface area (Å²) in [5.41, 5.74) is 0. The summed E-state index contributed by atoms with van der Waals surface area (Å²) in [7, 11) is -2.20. The first kappa shape index (κ1) is 11.5. The van der Waals surface area contributed by atoms with Gasteiger partial charge in [-0.25, -0.2) is 0 Å². The normalized spacial score (nSPS) is 13.6. The predicted octanol–water partition coefficient (Wildman–Crippen LogP) is -1.91. The average Bonchev–Trinajstić information content (AvgIpc) is 2.03. The molecule has 0 spiro atoms. The van der Waals surface area contributed by atoms with Crippen molar-refractivity contribution >= 4 is 30.0 Å². The highest BCUT2D eigenvalue weighted by Crippen LogP contribution is 1.74. The maximum absolute atomic E-state index is 5.21. The van der Waals surface area contributed by atoms with Gasteiger partial charge in [0.1, 0.15) is 0 Å². The Morgan fingerprint density at radius 1 is 0.818 bits per heavy atom. The van der Waals surface area contributed by atoms with Crippen molar-refractivity contribution in [2.75, 3.05) is 13.2 Å². The van der Waals surface area contributed by atoms with E-state index in [4.69, 9.17) is 17.1 Å². The zero-order chi connectivity index (χ0) is 8.36. The molecular formula is C4H16O4Si3. The van der Waals surface area contributed by atoms with Crippen LogP contribution in [-0.4, -0.2) is 43.2 Å². The third kappa shape index (κ3) is 10.5. The van der Waals surface area contributed by atoms with E-state index >= 15 is 0 Å². The van der Waals surface area contributed by atoms with Crippen LogP contribution in [0.25, 0.3) is 0 Å². The molecule has 7 heteroatoms. The molecule has 4 nitrogen and oxygen atoms in total. The van der Waals surface area contributed by atoms with Gasteiger partial charge < -0.3 is 17.1 Å². The largest absolute Gasteiger partial charge is 0.424 e. The second kappa shape index (κ2) is 10.5. The second-order valence-corrected chi connectivity index (χ2v) is 6.54. The van der Waals surface area contributed by atoms with Crippen molar-refractivity contribution in [3.05, 3.63) is 0 Å². The summed E-state index contributed by atoms with van der Waals surface area (Å²) in [4.78, 5) is 0. The van der Waals surface area contributed by atoms with Gasteiger partial charge in [0, 0.05) is 13.2 Å². The Balaban J connectivity index is 2.69. The number of hydrogen-bond acceptors (Lipinski definition) is 4. The van der Waals surface area contributed by atoms with Crippen molar-refractivity contribution in [3.8, 4) is 0 Å². The maximum atomic E-state index is 5.21. The lowest BCUT2D eigenvalue weighted by atomic mass is 10.9. The monoisotopic (exact) mass is 212 g/mol. The van der Waals surface area contributed by atoms with E-state index in [-0.39, 0.29) is 0 Å². The number of hydrogen-bond donors (Lipinski definition) is 0. The highest BCUT2D eigenvalue weighted by Gasteiger charge is 1.89. The fraction of sp³-hybridized carbons (Fsp3) is 1.00. The van der Waals surface area contributed by atoms with Gasteiger partial charge in [0.25, 0.3) is 30.0 Å². The third-order valence-corrected chi connectivity index (χ3v) is 4.72. The molecule has 0 fully saturated rings. The summed E-state index contributed by atoms with van der Waals surface area (Å²) in [5.74, 6) is 0. The smallest absolute Gasteiger partial charge is 0.295 e. The van der Waals surface area contributed by atoms with Crippen LogP contribution in [0.15, 0.2) is 0 Å². The van der Waals surface area contributed by atoms with E-state index in [2.05, 4.69) is 0 Å². The van der Waals surface area contributed by atoms with Gasteiger partial charge in [-0.15, -0.1) is 0 Å². The van der Waals surface area contributed by atoms with Crippen LogP contribution in [0.3, 0.4) is 0 Å². The molecule has 0 bridgehead atoms. The fourth-order valence-electron chi connectivity index (χ4n) is 0.411. The van der Waals surface area contributed by atoms with Crippen molar-refractivity contribution in [2.45, 2.75) is 13.8 Å². The molecule has 0 aromatic rings. The van der Waals surface area contributed by atoms with Crippen LogP contribution in [0.2, 0.25) is 0 Å². The molecule has 0 amide bonds. The van der Waals surface area contributed by atoms with Gasteiger partial charge in [0.2, 0.25) is 0 Å². The lowest BCUT2D eigenvalue weighted by molar-refractivity contribution is 0.280. The molecule has 0 aliphatic rings. The minimum Gasteiger partial charge on any atom is -0.424 e. The SMILES string of the molecule is CCO[SiH2]O[SiH2]O[SiH2]OCC. The Hall–Kier alpha value is 0.491. The van der Waals surface area contributed by atoms with Gasteiger partial charge in [-0.05, 0) is 13.8 Å². The predicted molar refractivity (Wildman–Crippen MR) is 51.1 cm³/mol. The van der Waals surface area contributed by atoms with E-state index in [9.17, 15) is 0 Å². The molecule has 0 aliphatic carbocycles. The molecule has 11 heavy (non-hydrogen) atoms. The van der Waals surface area contributed by atoms with Gasteiger partial charge in [-0.2, -0.15) is 0 Å². The van der Waals surface area contributed by atoms with Crippen LogP contribution in [0.4, 0.5) is 0 Å². The van der Waals surface area contributed by atoms with Crippen LogP contribution in [0.5, 0.6) is 0 Å². The molecule has 0 aliphatic heterocycles. The van der Waals surface area contributed by atoms with Crippen molar-refractivity contribution in [3.63, 3.8) is 0 Å². The highest BCUT2D eigenvalue weighted by molar-refractivity contribution is 6.40.